The van der Waals surface area contributed by atoms with Crippen LogP contribution < -0.4 is 15.4 Å². The second-order valence-electron chi connectivity index (χ2n) is 7.01. The van der Waals surface area contributed by atoms with E-state index in [4.69, 9.17) is 10.5 Å². The molecule has 7 nitrogen and oxygen atoms in total. The fourth-order valence-corrected chi connectivity index (χ4v) is 3.64. The summed E-state index contributed by atoms with van der Waals surface area (Å²) in [4.78, 5) is 22.8. The van der Waals surface area contributed by atoms with Gasteiger partial charge in [-0.05, 0) is 43.3 Å². The smallest absolute Gasteiger partial charge is 0.267 e. The second kappa shape index (κ2) is 6.63. The average molecular weight is 385 g/mol. The van der Waals surface area contributed by atoms with E-state index in [1.165, 1.54) is 11.9 Å². The molecule has 0 unspecified atom stereocenters. The molecule has 0 bridgehead atoms. The maximum Gasteiger partial charge on any atom is 0.267 e. The number of carbonyl (C=O) groups is 1. The monoisotopic (exact) mass is 385 g/mol. The molecule has 0 spiro atoms. The summed E-state index contributed by atoms with van der Waals surface area (Å²) in [6.45, 7) is 2.80. The molecule has 0 fully saturated rings. The Morgan fingerprint density at radius 1 is 1.03 bits per heavy atom. The van der Waals surface area contributed by atoms with Gasteiger partial charge in [-0.3, -0.25) is 4.79 Å². The third kappa shape index (κ3) is 2.87. The van der Waals surface area contributed by atoms with Crippen LogP contribution in [0.1, 0.15) is 15.9 Å². The number of aromatic nitrogens is 3. The topological polar surface area (TPSA) is 86.3 Å². The summed E-state index contributed by atoms with van der Waals surface area (Å²) in [5.74, 6) is 0.100. The Hall–Kier alpha value is -3.87. The highest BCUT2D eigenvalue weighted by Crippen LogP contribution is 2.30. The van der Waals surface area contributed by atoms with Gasteiger partial charge in [0.15, 0.2) is 0 Å². The lowest BCUT2D eigenvalue weighted by Gasteiger charge is -2.20. The number of benzene rings is 2. The van der Waals surface area contributed by atoms with Crippen LogP contribution in [0.2, 0.25) is 0 Å². The fraction of sp³-hybridized carbons (Fsp3) is 0.136. The quantitative estimate of drug-likeness (QED) is 0.572. The molecule has 0 saturated heterocycles. The van der Waals surface area contributed by atoms with E-state index >= 15 is 0 Å². The number of anilines is 2. The van der Waals surface area contributed by atoms with Crippen LogP contribution in [-0.4, -0.2) is 33.6 Å². The summed E-state index contributed by atoms with van der Waals surface area (Å²) in [5.41, 5.74) is 10.3. The number of aryl methyl sites for hydroxylation is 1. The van der Waals surface area contributed by atoms with Gasteiger partial charge in [0.2, 0.25) is 5.88 Å². The normalized spacial score (nSPS) is 13.8. The molecule has 0 radical (unpaired) electrons. The summed E-state index contributed by atoms with van der Waals surface area (Å²) < 4.78 is 7.74. The van der Waals surface area contributed by atoms with Crippen LogP contribution in [0.5, 0.6) is 5.88 Å². The van der Waals surface area contributed by atoms with Crippen molar-refractivity contribution in [3.63, 3.8) is 0 Å². The number of hydrogen-bond donors (Lipinski definition) is 1. The van der Waals surface area contributed by atoms with Gasteiger partial charge in [0.05, 0.1) is 12.1 Å². The highest BCUT2D eigenvalue weighted by Gasteiger charge is 2.28. The summed E-state index contributed by atoms with van der Waals surface area (Å²) >= 11 is 0. The number of nitrogens with two attached hydrogens (primary N) is 1. The molecule has 144 valence electrons. The van der Waals surface area contributed by atoms with Crippen LogP contribution >= 0.6 is 0 Å². The summed E-state index contributed by atoms with van der Waals surface area (Å²) in [6.07, 6.45) is 3.34. The van der Waals surface area contributed by atoms with E-state index in [1.807, 2.05) is 30.5 Å². The van der Waals surface area contributed by atoms with E-state index in [9.17, 15) is 4.79 Å². The molecule has 3 heterocycles. The molecule has 1 aliphatic heterocycles. The van der Waals surface area contributed by atoms with Crippen molar-refractivity contribution >= 4 is 28.3 Å². The lowest BCUT2D eigenvalue weighted by atomic mass is 10.2. The molecular formula is C22H19N5O2. The molecule has 0 aliphatic carbocycles. The highest BCUT2D eigenvalue weighted by atomic mass is 16.5. The Kier molecular flexibility index (Phi) is 3.94. The first kappa shape index (κ1) is 17.2. The molecule has 0 saturated carbocycles. The molecule has 2 N–H and O–H groups in total. The van der Waals surface area contributed by atoms with Crippen molar-refractivity contribution < 1.29 is 9.53 Å². The van der Waals surface area contributed by atoms with E-state index in [0.717, 1.165) is 22.3 Å². The van der Waals surface area contributed by atoms with Crippen LogP contribution in [0, 0.1) is 6.92 Å². The summed E-state index contributed by atoms with van der Waals surface area (Å²) in [5, 5.41) is 1.04. The van der Waals surface area contributed by atoms with E-state index in [0.29, 0.717) is 13.2 Å². The van der Waals surface area contributed by atoms with Gasteiger partial charge in [-0.1, -0.05) is 17.7 Å². The number of fused-ring (bicyclic) bond motifs is 2. The number of rotatable bonds is 2. The van der Waals surface area contributed by atoms with Crippen molar-refractivity contribution in [3.8, 4) is 11.6 Å². The first-order chi connectivity index (χ1) is 14.1. The highest BCUT2D eigenvalue weighted by molar-refractivity contribution is 6.11. The van der Waals surface area contributed by atoms with Crippen molar-refractivity contribution in [1.29, 1.82) is 0 Å². The third-order valence-corrected chi connectivity index (χ3v) is 5.15. The first-order valence-electron chi connectivity index (χ1n) is 9.35. The lowest BCUT2D eigenvalue weighted by Crippen LogP contribution is -2.32. The number of hydrogen-bond acceptors (Lipinski definition) is 5. The Balaban J connectivity index is 1.55. The van der Waals surface area contributed by atoms with Gasteiger partial charge in [-0.25, -0.2) is 9.97 Å². The predicted molar refractivity (Wildman–Crippen MR) is 112 cm³/mol. The van der Waals surface area contributed by atoms with Crippen LogP contribution in [0.3, 0.4) is 0 Å². The third-order valence-electron chi connectivity index (χ3n) is 5.15. The molecule has 1 aliphatic rings. The minimum Gasteiger partial charge on any atom is -0.475 e. The Bertz CT molecular complexity index is 1230. The molecule has 0 atom stereocenters. The molecule has 5 rings (SSSR count). The van der Waals surface area contributed by atoms with Crippen molar-refractivity contribution in [1.82, 2.24) is 14.5 Å². The molecular weight excluding hydrogens is 366 g/mol. The minimum absolute atomic E-state index is 0.124. The zero-order valence-corrected chi connectivity index (χ0v) is 15.9. The number of nitrogens with zero attached hydrogens (tertiary/aromatic N) is 4. The van der Waals surface area contributed by atoms with Gasteiger partial charge in [0, 0.05) is 23.0 Å². The van der Waals surface area contributed by atoms with E-state index in [2.05, 4.69) is 45.7 Å². The molecule has 4 aromatic rings. The minimum atomic E-state index is -0.257. The van der Waals surface area contributed by atoms with E-state index in [-0.39, 0.29) is 23.2 Å². The summed E-state index contributed by atoms with van der Waals surface area (Å²) in [7, 11) is 0. The van der Waals surface area contributed by atoms with Gasteiger partial charge in [-0.2, -0.15) is 0 Å². The van der Waals surface area contributed by atoms with Gasteiger partial charge in [0.1, 0.15) is 24.3 Å². The van der Waals surface area contributed by atoms with Crippen LogP contribution in [0.25, 0.3) is 16.6 Å². The number of nitrogen functional groups attached to an aromatic ring is 1. The SMILES string of the molecule is Cc1ccc(-n2ccc3cc(N4CCOc5ncnc(N)c5C4=O)ccc32)cc1. The van der Waals surface area contributed by atoms with Crippen molar-refractivity contribution in [2.45, 2.75) is 6.92 Å². The predicted octanol–water partition coefficient (Wildman–Crippen LogP) is 3.35. The number of carbonyl (C=O) groups excluding carboxylic acids is 1. The zero-order valence-electron chi connectivity index (χ0n) is 15.9. The number of amides is 1. The summed E-state index contributed by atoms with van der Waals surface area (Å²) in [6, 6.07) is 16.4. The number of ether oxygens (including phenoxy) is 1. The fourth-order valence-electron chi connectivity index (χ4n) is 3.64. The van der Waals surface area contributed by atoms with Gasteiger partial charge in [-0.15, -0.1) is 0 Å². The Labute approximate surface area is 167 Å². The van der Waals surface area contributed by atoms with E-state index in [1.54, 1.807) is 4.90 Å². The van der Waals surface area contributed by atoms with Crippen molar-refractivity contribution in [2.75, 3.05) is 23.8 Å². The first-order valence-corrected chi connectivity index (χ1v) is 9.35. The van der Waals surface area contributed by atoms with Gasteiger partial charge < -0.3 is 19.9 Å². The van der Waals surface area contributed by atoms with Crippen LogP contribution in [0.4, 0.5) is 11.5 Å². The molecule has 2 aromatic carbocycles. The zero-order chi connectivity index (χ0) is 20.0. The average Bonchev–Trinajstić information content (AvgIpc) is 3.06. The largest absolute Gasteiger partial charge is 0.475 e. The standard InChI is InChI=1S/C22H19N5O2/c1-14-2-4-16(5-3-14)26-9-8-15-12-17(6-7-18(15)26)27-10-11-29-21-19(22(27)28)20(23)24-13-25-21/h2-9,12-13H,10-11H2,1H3,(H2,23,24,25). The second-order valence-corrected chi connectivity index (χ2v) is 7.01. The maximum atomic E-state index is 13.1. The van der Waals surface area contributed by atoms with Crippen molar-refractivity contribution in [2.24, 2.45) is 0 Å². The van der Waals surface area contributed by atoms with E-state index < -0.39 is 0 Å². The molecule has 7 heteroatoms. The van der Waals surface area contributed by atoms with Gasteiger partial charge >= 0.3 is 0 Å². The molecule has 2 aromatic heterocycles. The molecule has 29 heavy (non-hydrogen) atoms. The Morgan fingerprint density at radius 2 is 1.83 bits per heavy atom. The van der Waals surface area contributed by atoms with Crippen molar-refractivity contribution in [3.05, 3.63) is 72.2 Å². The lowest BCUT2D eigenvalue weighted by molar-refractivity contribution is 0.0990. The molecule has 1 amide bonds. The Morgan fingerprint density at radius 3 is 2.66 bits per heavy atom. The maximum absolute atomic E-state index is 13.1. The van der Waals surface area contributed by atoms with Crippen LogP contribution in [-0.2, 0) is 0 Å². The van der Waals surface area contributed by atoms with Crippen LogP contribution in [0.15, 0.2) is 61.1 Å². The van der Waals surface area contributed by atoms with Gasteiger partial charge in [0.25, 0.3) is 5.91 Å².